The van der Waals surface area contributed by atoms with Gasteiger partial charge >= 0.3 is 5.97 Å². The van der Waals surface area contributed by atoms with Crippen LogP contribution in [0.15, 0.2) is 48.5 Å². The van der Waals surface area contributed by atoms with E-state index in [1.54, 1.807) is 36.4 Å². The summed E-state index contributed by atoms with van der Waals surface area (Å²) < 4.78 is 11.1. The maximum Gasteiger partial charge on any atom is 0.338 e. The molecular weight excluding hydrogens is 416 g/mol. The fourth-order valence-corrected chi connectivity index (χ4v) is 3.39. The van der Waals surface area contributed by atoms with E-state index in [9.17, 15) is 9.59 Å². The normalized spacial score (nSPS) is 10.8. The molecule has 0 spiro atoms. The van der Waals surface area contributed by atoms with Crippen LogP contribution in [-0.2, 0) is 4.74 Å². The summed E-state index contributed by atoms with van der Waals surface area (Å²) in [7, 11) is 3.94. The molecular formula is C27H38N2O4. The predicted octanol–water partition coefficient (Wildman–Crippen LogP) is 5.79. The van der Waals surface area contributed by atoms with E-state index in [0.29, 0.717) is 24.5 Å². The average molecular weight is 455 g/mol. The van der Waals surface area contributed by atoms with Gasteiger partial charge in [0, 0.05) is 12.2 Å². The molecule has 33 heavy (non-hydrogen) atoms. The number of hydrogen-bond donors (Lipinski definition) is 1. The molecule has 0 saturated carbocycles. The Morgan fingerprint density at radius 1 is 0.818 bits per heavy atom. The number of ether oxygens (including phenoxy) is 2. The second-order valence-corrected chi connectivity index (χ2v) is 8.43. The van der Waals surface area contributed by atoms with Crippen LogP contribution < -0.4 is 10.1 Å². The lowest BCUT2D eigenvalue weighted by Crippen LogP contribution is -2.19. The van der Waals surface area contributed by atoms with Gasteiger partial charge in [0.15, 0.2) is 0 Å². The van der Waals surface area contributed by atoms with Crippen molar-refractivity contribution < 1.29 is 19.1 Å². The third-order valence-corrected chi connectivity index (χ3v) is 5.25. The smallest absolute Gasteiger partial charge is 0.338 e. The van der Waals surface area contributed by atoms with Gasteiger partial charge in [0.05, 0.1) is 24.3 Å². The first kappa shape index (κ1) is 26.4. The molecule has 0 saturated heterocycles. The maximum atomic E-state index is 12.8. The topological polar surface area (TPSA) is 67.9 Å². The number of nitrogens with zero attached hydrogens (tertiary/aromatic N) is 1. The fourth-order valence-electron chi connectivity index (χ4n) is 3.39. The van der Waals surface area contributed by atoms with Gasteiger partial charge in [-0.2, -0.15) is 0 Å². The average Bonchev–Trinajstić information content (AvgIpc) is 2.82. The lowest BCUT2D eigenvalue weighted by molar-refractivity contribution is 0.0490. The van der Waals surface area contributed by atoms with Gasteiger partial charge in [-0.1, -0.05) is 51.2 Å². The molecule has 0 unspecified atom stereocenters. The minimum atomic E-state index is -0.488. The Balaban J connectivity index is 1.84. The molecule has 2 aromatic carbocycles. The molecule has 0 bridgehead atoms. The van der Waals surface area contributed by atoms with Gasteiger partial charge in [-0.05, 0) is 63.3 Å². The van der Waals surface area contributed by atoms with Crippen LogP contribution in [0.1, 0.15) is 72.6 Å². The summed E-state index contributed by atoms with van der Waals surface area (Å²) in [5.41, 5.74) is 1.19. The molecule has 6 nitrogen and oxygen atoms in total. The Kier molecular flexibility index (Phi) is 12.0. The van der Waals surface area contributed by atoms with Crippen LogP contribution in [-0.4, -0.2) is 50.6 Å². The van der Waals surface area contributed by atoms with Crippen molar-refractivity contribution in [3.8, 4) is 5.75 Å². The highest BCUT2D eigenvalue weighted by molar-refractivity contribution is 6.11. The van der Waals surface area contributed by atoms with E-state index >= 15 is 0 Å². The predicted molar refractivity (Wildman–Crippen MR) is 133 cm³/mol. The zero-order valence-corrected chi connectivity index (χ0v) is 20.3. The molecule has 2 aromatic rings. The van der Waals surface area contributed by atoms with Crippen LogP contribution in [0, 0.1) is 0 Å². The second-order valence-electron chi connectivity index (χ2n) is 8.43. The van der Waals surface area contributed by atoms with Gasteiger partial charge in [0.1, 0.15) is 5.75 Å². The fraction of sp³-hybridized carbons (Fsp3) is 0.481. The number of anilines is 1. The Labute approximate surface area is 198 Å². The standard InChI is InChI=1S/C27H38N2O4/c1-4-5-6-7-8-11-20-32-23-17-15-22(16-18-23)28-26(30)24-13-9-10-14-25(24)27(31)33-21-12-19-29(2)3/h9-10,13-18H,4-8,11-12,19-21H2,1-3H3,(H,28,30). The first-order valence-corrected chi connectivity index (χ1v) is 12.0. The third kappa shape index (κ3) is 10.1. The monoisotopic (exact) mass is 454 g/mol. The largest absolute Gasteiger partial charge is 0.494 e. The van der Waals surface area contributed by atoms with Gasteiger partial charge < -0.3 is 19.7 Å². The number of esters is 1. The van der Waals surface area contributed by atoms with Crippen LogP contribution in [0.5, 0.6) is 5.75 Å². The number of hydrogen-bond acceptors (Lipinski definition) is 5. The zero-order valence-electron chi connectivity index (χ0n) is 20.3. The highest BCUT2D eigenvalue weighted by Crippen LogP contribution is 2.19. The zero-order chi connectivity index (χ0) is 23.9. The van der Waals surface area contributed by atoms with E-state index in [2.05, 4.69) is 12.2 Å². The molecule has 2 rings (SSSR count). The van der Waals surface area contributed by atoms with E-state index in [4.69, 9.17) is 9.47 Å². The van der Waals surface area contributed by atoms with Crippen molar-refractivity contribution in [3.63, 3.8) is 0 Å². The van der Waals surface area contributed by atoms with Crippen LogP contribution in [0.2, 0.25) is 0 Å². The molecule has 1 amide bonds. The summed E-state index contributed by atoms with van der Waals surface area (Å²) in [5.74, 6) is -0.0576. The third-order valence-electron chi connectivity index (χ3n) is 5.25. The number of carbonyl (C=O) groups excluding carboxylic acids is 2. The maximum absolute atomic E-state index is 12.8. The Hall–Kier alpha value is -2.86. The summed E-state index contributed by atoms with van der Waals surface area (Å²) in [6, 6.07) is 14.0. The van der Waals surface area contributed by atoms with Crippen LogP contribution in [0.3, 0.4) is 0 Å². The SMILES string of the molecule is CCCCCCCCOc1ccc(NC(=O)c2ccccc2C(=O)OCCCN(C)C)cc1. The number of benzene rings is 2. The quantitative estimate of drug-likeness (QED) is 0.273. The second kappa shape index (κ2) is 15.1. The molecule has 0 radical (unpaired) electrons. The first-order valence-electron chi connectivity index (χ1n) is 12.0. The molecule has 1 N–H and O–H groups in total. The van der Waals surface area contributed by atoms with Crippen molar-refractivity contribution in [3.05, 3.63) is 59.7 Å². The van der Waals surface area contributed by atoms with E-state index in [1.165, 1.54) is 32.1 Å². The molecule has 6 heteroatoms. The van der Waals surface area contributed by atoms with Crippen molar-refractivity contribution >= 4 is 17.6 Å². The van der Waals surface area contributed by atoms with Crippen LogP contribution in [0.4, 0.5) is 5.69 Å². The van der Waals surface area contributed by atoms with E-state index in [1.807, 2.05) is 31.1 Å². The van der Waals surface area contributed by atoms with E-state index in [0.717, 1.165) is 25.1 Å². The molecule has 0 heterocycles. The number of rotatable bonds is 15. The van der Waals surface area contributed by atoms with Crippen LogP contribution >= 0.6 is 0 Å². The van der Waals surface area contributed by atoms with Crippen molar-refractivity contribution in [2.45, 2.75) is 51.9 Å². The lowest BCUT2D eigenvalue weighted by Gasteiger charge is -2.12. The number of nitrogens with one attached hydrogen (secondary N) is 1. The van der Waals surface area contributed by atoms with Crippen molar-refractivity contribution in [2.75, 3.05) is 39.2 Å². The minimum Gasteiger partial charge on any atom is -0.494 e. The summed E-state index contributed by atoms with van der Waals surface area (Å²) in [4.78, 5) is 27.3. The van der Waals surface area contributed by atoms with E-state index in [-0.39, 0.29) is 11.5 Å². The highest BCUT2D eigenvalue weighted by atomic mass is 16.5. The molecule has 0 aliphatic heterocycles. The van der Waals surface area contributed by atoms with Gasteiger partial charge in [0.25, 0.3) is 5.91 Å². The Morgan fingerprint density at radius 2 is 1.48 bits per heavy atom. The molecule has 0 fully saturated rings. The highest BCUT2D eigenvalue weighted by Gasteiger charge is 2.18. The Bertz CT molecular complexity index is 849. The molecule has 0 aliphatic carbocycles. The summed E-state index contributed by atoms with van der Waals surface area (Å²) in [6.45, 7) is 4.06. The van der Waals surface area contributed by atoms with Crippen molar-refractivity contribution in [2.24, 2.45) is 0 Å². The van der Waals surface area contributed by atoms with Crippen molar-refractivity contribution in [1.29, 1.82) is 0 Å². The first-order chi connectivity index (χ1) is 16.0. The van der Waals surface area contributed by atoms with Gasteiger partial charge in [-0.25, -0.2) is 4.79 Å². The summed E-state index contributed by atoms with van der Waals surface area (Å²) >= 11 is 0. The van der Waals surface area contributed by atoms with Crippen LogP contribution in [0.25, 0.3) is 0 Å². The lowest BCUT2D eigenvalue weighted by atomic mass is 10.1. The molecule has 0 aromatic heterocycles. The molecule has 0 atom stereocenters. The number of amides is 1. The van der Waals surface area contributed by atoms with Gasteiger partial charge in [-0.3, -0.25) is 4.79 Å². The number of unbranched alkanes of at least 4 members (excludes halogenated alkanes) is 5. The van der Waals surface area contributed by atoms with Gasteiger partial charge in [0.2, 0.25) is 0 Å². The summed E-state index contributed by atoms with van der Waals surface area (Å²) in [6.07, 6.45) is 8.08. The summed E-state index contributed by atoms with van der Waals surface area (Å²) in [5, 5.41) is 2.85. The molecule has 180 valence electrons. The number of carbonyl (C=O) groups is 2. The molecule has 0 aliphatic rings. The van der Waals surface area contributed by atoms with E-state index < -0.39 is 5.97 Å². The minimum absolute atomic E-state index is 0.263. The Morgan fingerprint density at radius 3 is 2.18 bits per heavy atom. The van der Waals surface area contributed by atoms with Crippen molar-refractivity contribution in [1.82, 2.24) is 4.90 Å². The van der Waals surface area contributed by atoms with Gasteiger partial charge in [-0.15, -0.1) is 0 Å².